The molecule has 0 bridgehead atoms. The summed E-state index contributed by atoms with van der Waals surface area (Å²) in [5, 5.41) is 0.381. The quantitative estimate of drug-likeness (QED) is 0.815. The Morgan fingerprint density at radius 1 is 1.50 bits per heavy atom. The number of aromatic amines is 1. The Morgan fingerprint density at radius 2 is 2.22 bits per heavy atom. The number of aromatic nitrogens is 1. The topological polar surface area (TPSA) is 68.1 Å². The predicted octanol–water partition coefficient (Wildman–Crippen LogP) is 1.49. The first-order chi connectivity index (χ1) is 8.52. The Bertz CT molecular complexity index is 595. The smallest absolute Gasteiger partial charge is 0.322 e. The van der Waals surface area contributed by atoms with E-state index in [-0.39, 0.29) is 11.9 Å². The van der Waals surface area contributed by atoms with Gasteiger partial charge in [0, 0.05) is 24.1 Å². The van der Waals surface area contributed by atoms with E-state index in [1.807, 2.05) is 0 Å². The van der Waals surface area contributed by atoms with Crippen LogP contribution in [0.4, 0.5) is 8.78 Å². The van der Waals surface area contributed by atoms with Crippen molar-refractivity contribution in [2.75, 3.05) is 7.11 Å². The Balaban J connectivity index is 2.38. The van der Waals surface area contributed by atoms with Crippen molar-refractivity contribution < 1.29 is 18.3 Å². The Labute approximate surface area is 102 Å². The van der Waals surface area contributed by atoms with E-state index in [1.165, 1.54) is 19.4 Å². The van der Waals surface area contributed by atoms with Gasteiger partial charge >= 0.3 is 5.97 Å². The van der Waals surface area contributed by atoms with Crippen LogP contribution in [0.5, 0.6) is 0 Å². The van der Waals surface area contributed by atoms with Gasteiger partial charge in [-0.15, -0.1) is 0 Å². The van der Waals surface area contributed by atoms with Crippen LogP contribution in [-0.2, 0) is 16.0 Å². The molecule has 1 aromatic carbocycles. The maximum absolute atomic E-state index is 13.4. The zero-order valence-electron chi connectivity index (χ0n) is 9.67. The molecule has 0 aliphatic rings. The second kappa shape index (κ2) is 4.73. The minimum Gasteiger partial charge on any atom is -0.468 e. The van der Waals surface area contributed by atoms with E-state index in [0.717, 1.165) is 6.07 Å². The normalized spacial score (nSPS) is 12.7. The largest absolute Gasteiger partial charge is 0.468 e. The molecule has 0 saturated carbocycles. The van der Waals surface area contributed by atoms with E-state index >= 15 is 0 Å². The van der Waals surface area contributed by atoms with Crippen molar-refractivity contribution in [3.8, 4) is 0 Å². The highest BCUT2D eigenvalue weighted by molar-refractivity contribution is 5.85. The third-order valence-electron chi connectivity index (χ3n) is 2.74. The van der Waals surface area contributed by atoms with Crippen molar-refractivity contribution in [1.29, 1.82) is 0 Å². The van der Waals surface area contributed by atoms with E-state index in [2.05, 4.69) is 9.72 Å². The lowest BCUT2D eigenvalue weighted by molar-refractivity contribution is -0.142. The summed E-state index contributed by atoms with van der Waals surface area (Å²) in [5.41, 5.74) is 6.38. The van der Waals surface area contributed by atoms with Gasteiger partial charge in [-0.1, -0.05) is 0 Å². The Hall–Kier alpha value is -1.95. The Morgan fingerprint density at radius 3 is 2.89 bits per heavy atom. The summed E-state index contributed by atoms with van der Waals surface area (Å²) >= 11 is 0. The first-order valence-electron chi connectivity index (χ1n) is 5.31. The van der Waals surface area contributed by atoms with E-state index in [4.69, 9.17) is 5.73 Å². The number of hydrogen-bond donors (Lipinski definition) is 2. The first kappa shape index (κ1) is 12.5. The van der Waals surface area contributed by atoms with Gasteiger partial charge in [-0.25, -0.2) is 8.78 Å². The van der Waals surface area contributed by atoms with Crippen LogP contribution in [-0.4, -0.2) is 24.1 Å². The minimum atomic E-state index is -0.861. The van der Waals surface area contributed by atoms with Crippen LogP contribution in [0.2, 0.25) is 0 Å². The zero-order valence-corrected chi connectivity index (χ0v) is 9.67. The highest BCUT2D eigenvalue weighted by Gasteiger charge is 2.17. The van der Waals surface area contributed by atoms with Crippen molar-refractivity contribution in [2.24, 2.45) is 5.73 Å². The van der Waals surface area contributed by atoms with Crippen LogP contribution in [0.15, 0.2) is 18.3 Å². The lowest BCUT2D eigenvalue weighted by Gasteiger charge is -2.08. The molecule has 96 valence electrons. The maximum atomic E-state index is 13.4. The molecule has 18 heavy (non-hydrogen) atoms. The fourth-order valence-electron chi connectivity index (χ4n) is 1.85. The monoisotopic (exact) mass is 254 g/mol. The van der Waals surface area contributed by atoms with Crippen molar-refractivity contribution in [2.45, 2.75) is 12.5 Å². The highest BCUT2D eigenvalue weighted by atomic mass is 19.1. The van der Waals surface area contributed by atoms with Gasteiger partial charge in [0.15, 0.2) is 0 Å². The molecule has 6 heteroatoms. The molecule has 0 unspecified atom stereocenters. The van der Waals surface area contributed by atoms with Crippen molar-refractivity contribution in [3.63, 3.8) is 0 Å². The molecule has 4 nitrogen and oxygen atoms in total. The molecule has 0 amide bonds. The van der Waals surface area contributed by atoms with Crippen LogP contribution in [0.25, 0.3) is 10.9 Å². The number of fused-ring (bicyclic) bond motifs is 1. The van der Waals surface area contributed by atoms with Crippen molar-refractivity contribution in [3.05, 3.63) is 35.5 Å². The molecule has 0 radical (unpaired) electrons. The summed E-state index contributed by atoms with van der Waals surface area (Å²) < 4.78 is 31.1. The number of methoxy groups -OCH3 is 1. The molecular formula is C12H12F2N2O2. The molecule has 1 aromatic heterocycles. The minimum absolute atomic E-state index is 0.148. The fourth-order valence-corrected chi connectivity index (χ4v) is 1.85. The number of nitrogens with two attached hydrogens (primary N) is 1. The van der Waals surface area contributed by atoms with E-state index in [0.29, 0.717) is 10.9 Å². The number of hydrogen-bond acceptors (Lipinski definition) is 3. The van der Waals surface area contributed by atoms with Crippen LogP contribution < -0.4 is 5.73 Å². The van der Waals surface area contributed by atoms with E-state index in [9.17, 15) is 13.6 Å². The SMILES string of the molecule is COC(=O)[C@@H](N)Cc1c[nH]c2c(F)cc(F)cc12. The maximum Gasteiger partial charge on any atom is 0.322 e. The molecule has 0 fully saturated rings. The van der Waals surface area contributed by atoms with Crippen LogP contribution in [0.3, 0.4) is 0 Å². The van der Waals surface area contributed by atoms with E-state index < -0.39 is 23.6 Å². The summed E-state index contributed by atoms with van der Waals surface area (Å²) in [4.78, 5) is 13.9. The van der Waals surface area contributed by atoms with E-state index in [1.54, 1.807) is 0 Å². The van der Waals surface area contributed by atoms with Crippen molar-refractivity contribution in [1.82, 2.24) is 4.98 Å². The molecule has 3 N–H and O–H groups in total. The number of halogens is 2. The number of benzene rings is 1. The van der Waals surface area contributed by atoms with Gasteiger partial charge in [0.2, 0.25) is 0 Å². The predicted molar refractivity (Wildman–Crippen MR) is 61.9 cm³/mol. The van der Waals surface area contributed by atoms with Crippen LogP contribution in [0, 0.1) is 11.6 Å². The number of carbonyl (C=O) groups excluding carboxylic acids is 1. The lowest BCUT2D eigenvalue weighted by Crippen LogP contribution is -2.33. The molecule has 2 aromatic rings. The number of ether oxygens (including phenoxy) is 1. The van der Waals surface area contributed by atoms with Gasteiger partial charge in [0.1, 0.15) is 17.7 Å². The highest BCUT2D eigenvalue weighted by Crippen LogP contribution is 2.23. The van der Waals surface area contributed by atoms with Gasteiger partial charge in [-0.2, -0.15) is 0 Å². The molecule has 1 heterocycles. The van der Waals surface area contributed by atoms with Gasteiger partial charge < -0.3 is 15.5 Å². The molecule has 0 saturated heterocycles. The summed E-state index contributed by atoms with van der Waals surface area (Å²) in [6, 6.07) is 1.14. The zero-order chi connectivity index (χ0) is 13.3. The van der Waals surface area contributed by atoms with Gasteiger partial charge in [0.25, 0.3) is 0 Å². The Kier molecular flexibility index (Phi) is 3.29. The van der Waals surface area contributed by atoms with Crippen molar-refractivity contribution >= 4 is 16.9 Å². The van der Waals surface area contributed by atoms with Crippen LogP contribution in [0.1, 0.15) is 5.56 Å². The molecule has 1 atom stereocenters. The molecule has 0 aliphatic carbocycles. The first-order valence-corrected chi connectivity index (χ1v) is 5.31. The second-order valence-corrected chi connectivity index (χ2v) is 3.96. The summed E-state index contributed by atoms with van der Waals surface area (Å²) in [7, 11) is 1.23. The summed E-state index contributed by atoms with van der Waals surface area (Å²) in [6.07, 6.45) is 1.66. The summed E-state index contributed by atoms with van der Waals surface area (Å²) in [5.74, 6) is -1.92. The third-order valence-corrected chi connectivity index (χ3v) is 2.74. The average Bonchev–Trinajstić information content (AvgIpc) is 2.71. The number of nitrogens with one attached hydrogen (secondary N) is 1. The molecular weight excluding hydrogens is 242 g/mol. The van der Waals surface area contributed by atoms with Gasteiger partial charge in [0.05, 0.1) is 12.6 Å². The lowest BCUT2D eigenvalue weighted by atomic mass is 10.1. The number of H-pyrrole nitrogens is 1. The molecule has 2 rings (SSSR count). The molecule has 0 spiro atoms. The second-order valence-electron chi connectivity index (χ2n) is 3.96. The average molecular weight is 254 g/mol. The van der Waals surface area contributed by atoms with Crippen LogP contribution >= 0.6 is 0 Å². The number of esters is 1. The standard InChI is InChI=1S/C12H12F2N2O2/c1-18-12(17)10(15)2-6-5-16-11-8(6)3-7(13)4-9(11)14/h3-5,10,16H,2,15H2,1H3/t10-/m0/s1. The van der Waals surface area contributed by atoms with Gasteiger partial charge in [-0.05, 0) is 11.6 Å². The number of carbonyl (C=O) groups is 1. The van der Waals surface area contributed by atoms with Gasteiger partial charge in [-0.3, -0.25) is 4.79 Å². The molecule has 0 aliphatic heterocycles. The number of rotatable bonds is 3. The fraction of sp³-hybridized carbons (Fsp3) is 0.250. The third kappa shape index (κ3) is 2.19. The summed E-state index contributed by atoms with van der Waals surface area (Å²) in [6.45, 7) is 0.